The number of carbonyl (C=O) groups excluding carboxylic acids is 1. The third kappa shape index (κ3) is 3.96. The van der Waals surface area contributed by atoms with E-state index in [1.165, 1.54) is 24.9 Å². The van der Waals surface area contributed by atoms with Gasteiger partial charge in [0.05, 0.1) is 20.0 Å². The van der Waals surface area contributed by atoms with Crippen LogP contribution in [-0.2, 0) is 20.8 Å². The van der Waals surface area contributed by atoms with Gasteiger partial charge in [0.15, 0.2) is 29.2 Å². The average Bonchev–Trinajstić information content (AvgIpc) is 3.30. The van der Waals surface area contributed by atoms with Crippen molar-refractivity contribution < 1.29 is 33.2 Å². The number of methoxy groups -OCH3 is 1. The van der Waals surface area contributed by atoms with Crippen molar-refractivity contribution in [1.82, 2.24) is 19.5 Å². The van der Waals surface area contributed by atoms with Gasteiger partial charge in [0, 0.05) is 0 Å². The maximum Gasteiger partial charge on any atom is 0.509 e. The molecule has 32 heavy (non-hydrogen) atoms. The Labute approximate surface area is 182 Å². The van der Waals surface area contributed by atoms with E-state index in [0.717, 1.165) is 5.56 Å². The molecule has 0 bridgehead atoms. The van der Waals surface area contributed by atoms with Crippen LogP contribution in [0.4, 0.5) is 9.18 Å². The summed E-state index contributed by atoms with van der Waals surface area (Å²) in [5.74, 6) is 0.631. The van der Waals surface area contributed by atoms with Gasteiger partial charge < -0.3 is 24.1 Å². The molecule has 0 saturated carbocycles. The minimum Gasteiger partial charge on any atom is -0.479 e. The monoisotopic (exact) mass is 446 g/mol. The van der Waals surface area contributed by atoms with Crippen LogP contribution in [0.2, 0.25) is 0 Å². The van der Waals surface area contributed by atoms with Crippen molar-refractivity contribution in [3.63, 3.8) is 0 Å². The number of aliphatic hydroxyl groups is 1. The van der Waals surface area contributed by atoms with Gasteiger partial charge in [-0.05, 0) is 19.4 Å². The van der Waals surface area contributed by atoms with Gasteiger partial charge in [0.2, 0.25) is 5.88 Å². The molecule has 1 N–H and O–H groups in total. The Bertz CT molecular complexity index is 1110. The normalized spacial score (nSPS) is 25.1. The predicted octanol–water partition coefficient (Wildman–Crippen LogP) is 2.48. The number of rotatable bonds is 6. The van der Waals surface area contributed by atoms with Crippen molar-refractivity contribution in [3.8, 4) is 5.88 Å². The van der Waals surface area contributed by atoms with E-state index in [2.05, 4.69) is 15.0 Å². The number of carbonyl (C=O) groups is 1. The second-order valence-electron chi connectivity index (χ2n) is 7.53. The number of imidazole rings is 1. The summed E-state index contributed by atoms with van der Waals surface area (Å²) in [4.78, 5) is 24.9. The molecule has 170 valence electrons. The Balaban J connectivity index is 1.57. The third-order valence-electron chi connectivity index (χ3n) is 5.23. The highest BCUT2D eigenvalue weighted by atomic mass is 19.1. The molecule has 0 amide bonds. The molecule has 0 spiro atoms. The molecule has 0 aliphatic carbocycles. The van der Waals surface area contributed by atoms with Crippen LogP contribution in [-0.4, -0.2) is 62.4 Å². The van der Waals surface area contributed by atoms with Gasteiger partial charge in [0.1, 0.15) is 18.5 Å². The first-order valence-electron chi connectivity index (χ1n) is 9.93. The van der Waals surface area contributed by atoms with E-state index in [1.807, 2.05) is 6.07 Å². The fourth-order valence-corrected chi connectivity index (χ4v) is 3.70. The van der Waals surface area contributed by atoms with Gasteiger partial charge in [-0.1, -0.05) is 30.3 Å². The van der Waals surface area contributed by atoms with Crippen LogP contribution in [0.3, 0.4) is 0 Å². The molecule has 4 atom stereocenters. The van der Waals surface area contributed by atoms with Gasteiger partial charge in [-0.15, -0.1) is 0 Å². The first-order valence-corrected chi connectivity index (χ1v) is 9.93. The van der Waals surface area contributed by atoms with Gasteiger partial charge in [-0.3, -0.25) is 4.57 Å². The summed E-state index contributed by atoms with van der Waals surface area (Å²) in [7, 11) is 1.44. The summed E-state index contributed by atoms with van der Waals surface area (Å²) in [6.45, 7) is 2.27. The Morgan fingerprint density at radius 2 is 2.06 bits per heavy atom. The first kappa shape index (κ1) is 21.9. The highest BCUT2D eigenvalue weighted by Gasteiger charge is 2.58. The smallest absolute Gasteiger partial charge is 0.479 e. The molecule has 1 saturated heterocycles. The van der Waals surface area contributed by atoms with Gasteiger partial charge in [-0.2, -0.15) is 4.98 Å². The van der Waals surface area contributed by atoms with Crippen LogP contribution < -0.4 is 4.74 Å². The molecule has 10 nitrogen and oxygen atoms in total. The number of benzene rings is 1. The van der Waals surface area contributed by atoms with E-state index in [9.17, 15) is 9.90 Å². The molecule has 1 aliphatic heterocycles. The summed E-state index contributed by atoms with van der Waals surface area (Å²) in [5, 5.41) is 9.75. The summed E-state index contributed by atoms with van der Waals surface area (Å²) in [5.41, 5.74) is -0.878. The SMILES string of the molecule is COc1nc(C)nc2c1ncn2C1OC(CO)[C@@H](OC(=O)OCc2ccccc2)[C@@]1(C)F. The van der Waals surface area contributed by atoms with Crippen molar-refractivity contribution in [3.05, 3.63) is 48.0 Å². The number of hydrogen-bond acceptors (Lipinski definition) is 9. The zero-order valence-electron chi connectivity index (χ0n) is 17.8. The fourth-order valence-electron chi connectivity index (χ4n) is 3.70. The Morgan fingerprint density at radius 3 is 2.75 bits per heavy atom. The largest absolute Gasteiger partial charge is 0.509 e. The summed E-state index contributed by atoms with van der Waals surface area (Å²) in [6.07, 6.45) is -3.56. The van der Waals surface area contributed by atoms with Gasteiger partial charge >= 0.3 is 6.16 Å². The number of halogens is 1. The van der Waals surface area contributed by atoms with E-state index in [4.69, 9.17) is 18.9 Å². The zero-order chi connectivity index (χ0) is 22.9. The number of fused-ring (bicyclic) bond motifs is 1. The Kier molecular flexibility index (Phi) is 5.94. The van der Waals surface area contributed by atoms with Gasteiger partial charge in [-0.25, -0.2) is 19.2 Å². The molecule has 11 heteroatoms. The molecule has 2 unspecified atom stereocenters. The van der Waals surface area contributed by atoms with Crippen molar-refractivity contribution in [1.29, 1.82) is 0 Å². The molecule has 0 radical (unpaired) electrons. The molecule has 1 fully saturated rings. The standard InChI is InChI=1S/C21H23FN4O6/c1-12-24-17-15(18(25-12)29-3)23-11-26(17)19-21(2,22)16(14(9-27)31-19)32-20(28)30-10-13-7-5-4-6-8-13/h4-8,11,14,16,19,27H,9-10H2,1-3H3/t14?,16-,19?,21-/m1/s1. The average molecular weight is 446 g/mol. The third-order valence-corrected chi connectivity index (χ3v) is 5.23. The Hall–Kier alpha value is -3.31. The lowest BCUT2D eigenvalue weighted by atomic mass is 9.98. The van der Waals surface area contributed by atoms with Crippen LogP contribution in [0.1, 0.15) is 24.5 Å². The number of aliphatic hydroxyl groups excluding tert-OH is 1. The molecular formula is C21H23FN4O6. The molecule has 1 aromatic carbocycles. The summed E-state index contributed by atoms with van der Waals surface area (Å²) < 4.78 is 38.7. The zero-order valence-corrected chi connectivity index (χ0v) is 17.8. The molecule has 3 heterocycles. The van der Waals surface area contributed by atoms with Crippen molar-refractivity contribution in [2.24, 2.45) is 0 Å². The first-order chi connectivity index (χ1) is 15.3. The van der Waals surface area contributed by atoms with Crippen LogP contribution in [0.25, 0.3) is 11.2 Å². The lowest BCUT2D eigenvalue weighted by molar-refractivity contribution is -0.0575. The second-order valence-corrected chi connectivity index (χ2v) is 7.53. The molecular weight excluding hydrogens is 423 g/mol. The molecule has 1 aliphatic rings. The fraction of sp³-hybridized carbons (Fsp3) is 0.429. The summed E-state index contributed by atoms with van der Waals surface area (Å²) >= 11 is 0. The quantitative estimate of drug-likeness (QED) is 0.570. The predicted molar refractivity (Wildman–Crippen MR) is 109 cm³/mol. The second kappa shape index (κ2) is 8.67. The summed E-state index contributed by atoms with van der Waals surface area (Å²) in [6, 6.07) is 8.99. The number of aryl methyl sites for hydroxylation is 1. The van der Waals surface area contributed by atoms with E-state index in [1.54, 1.807) is 31.2 Å². The molecule has 2 aromatic heterocycles. The van der Waals surface area contributed by atoms with E-state index < -0.39 is 36.9 Å². The van der Waals surface area contributed by atoms with E-state index in [0.29, 0.717) is 11.3 Å². The number of hydrogen-bond donors (Lipinski definition) is 1. The lowest BCUT2D eigenvalue weighted by Gasteiger charge is -2.27. The van der Waals surface area contributed by atoms with Crippen LogP contribution in [0.5, 0.6) is 5.88 Å². The lowest BCUT2D eigenvalue weighted by Crippen LogP contribution is -2.44. The number of ether oxygens (including phenoxy) is 4. The van der Waals surface area contributed by atoms with E-state index in [-0.39, 0.29) is 18.1 Å². The van der Waals surface area contributed by atoms with Crippen LogP contribution >= 0.6 is 0 Å². The minimum atomic E-state index is -2.24. The maximum absolute atomic E-state index is 16.0. The topological polar surface area (TPSA) is 118 Å². The van der Waals surface area contributed by atoms with Crippen molar-refractivity contribution in [2.75, 3.05) is 13.7 Å². The number of nitrogens with zero attached hydrogens (tertiary/aromatic N) is 4. The Morgan fingerprint density at radius 1 is 1.31 bits per heavy atom. The maximum atomic E-state index is 16.0. The molecule has 4 rings (SSSR count). The van der Waals surface area contributed by atoms with E-state index >= 15 is 4.39 Å². The number of aromatic nitrogens is 4. The van der Waals surface area contributed by atoms with Gasteiger partial charge in [0.25, 0.3) is 0 Å². The van der Waals surface area contributed by atoms with Crippen LogP contribution in [0, 0.1) is 6.92 Å². The number of alkyl halides is 1. The van der Waals surface area contributed by atoms with Crippen molar-refractivity contribution >= 4 is 17.3 Å². The van der Waals surface area contributed by atoms with Crippen molar-refractivity contribution in [2.45, 2.75) is 44.6 Å². The molecule has 3 aromatic rings. The minimum absolute atomic E-state index is 0.0361. The highest BCUT2D eigenvalue weighted by molar-refractivity contribution is 5.76. The highest BCUT2D eigenvalue weighted by Crippen LogP contribution is 2.44. The van der Waals surface area contributed by atoms with Crippen LogP contribution in [0.15, 0.2) is 36.7 Å².